The molecule has 9 nitrogen and oxygen atoms in total. The third kappa shape index (κ3) is 18.2. The smallest absolute Gasteiger partial charge is 0.303 e. The van der Waals surface area contributed by atoms with Crippen LogP contribution in [0, 0.1) is 0 Å². The van der Waals surface area contributed by atoms with E-state index in [9.17, 15) is 19.2 Å². The molecule has 1 amide bonds. The lowest BCUT2D eigenvalue weighted by molar-refractivity contribution is -0.137. The minimum Gasteiger partial charge on any atom is -0.481 e. The molecule has 0 heterocycles. The molecule has 0 unspecified atom stereocenters. The van der Waals surface area contributed by atoms with E-state index in [4.69, 9.17) is 34.0 Å². The van der Waals surface area contributed by atoms with Crippen molar-refractivity contribution >= 4 is 46.6 Å². The Kier molecular flexibility index (Phi) is 22.9. The van der Waals surface area contributed by atoms with Crippen LogP contribution in [0.5, 0.6) is 0 Å². The number of hydrogen-bond acceptors (Lipinski definition) is 7. The Labute approximate surface area is 362 Å². The number of likely N-dealkylation sites (N-methyl/N-ethyl adjacent to an activating group) is 2. The zero-order chi connectivity index (χ0) is 44.1. The lowest BCUT2D eigenvalue weighted by Crippen LogP contribution is -2.41. The Morgan fingerprint density at radius 1 is 0.644 bits per heavy atom. The van der Waals surface area contributed by atoms with E-state index in [1.165, 1.54) is 5.56 Å². The Balaban J connectivity index is 0.000000339. The molecule has 4 N–H and O–H groups in total. The number of aliphatic carboxylic acids is 1. The number of halogens is 2. The fraction of sp³-hybridized carbons (Fsp3) is 0.417. The van der Waals surface area contributed by atoms with Crippen LogP contribution in [0.4, 0.5) is 0 Å². The Hall–Kier alpha value is -4.38. The molecule has 0 aliphatic rings. The fourth-order valence-electron chi connectivity index (χ4n) is 6.31. The fourth-order valence-corrected chi connectivity index (χ4v) is 6.92. The van der Waals surface area contributed by atoms with Gasteiger partial charge in [0.2, 0.25) is 5.91 Å². The van der Waals surface area contributed by atoms with Crippen LogP contribution in [-0.2, 0) is 22.4 Å². The number of carboxylic acid groups (broad SMARTS) is 1. The third-order valence-corrected chi connectivity index (χ3v) is 10.9. The number of amides is 1. The van der Waals surface area contributed by atoms with Gasteiger partial charge in [0.1, 0.15) is 0 Å². The Morgan fingerprint density at radius 2 is 1.05 bits per heavy atom. The predicted molar refractivity (Wildman–Crippen MR) is 243 cm³/mol. The molecule has 0 saturated carbocycles. The van der Waals surface area contributed by atoms with Crippen LogP contribution in [0.25, 0.3) is 0 Å². The number of Topliss-reactive ketones (excluding diaryl/α,β-unsaturated/α-hetero) is 2. The minimum atomic E-state index is -0.744. The maximum Gasteiger partial charge on any atom is 0.303 e. The summed E-state index contributed by atoms with van der Waals surface area (Å²) >= 11 is 12.4. The summed E-state index contributed by atoms with van der Waals surface area (Å²) in [5, 5.41) is 12.6. The summed E-state index contributed by atoms with van der Waals surface area (Å²) < 4.78 is 0. The van der Waals surface area contributed by atoms with Gasteiger partial charge in [0.25, 0.3) is 0 Å². The average Bonchev–Trinajstić information content (AvgIpc) is 3.21. The number of carbonyl (C=O) groups is 4. The quantitative estimate of drug-likeness (QED) is 0.0796. The number of rotatable bonds is 19. The van der Waals surface area contributed by atoms with E-state index < -0.39 is 5.97 Å². The first-order chi connectivity index (χ1) is 28.0. The number of ketones is 2. The highest BCUT2D eigenvalue weighted by molar-refractivity contribution is 6.34. The van der Waals surface area contributed by atoms with Crippen LogP contribution < -0.4 is 11.1 Å². The van der Waals surface area contributed by atoms with Crippen LogP contribution >= 0.6 is 23.2 Å². The molecular formula is C48H64Cl2N4O5. The van der Waals surface area contributed by atoms with E-state index in [0.29, 0.717) is 53.5 Å². The highest BCUT2D eigenvalue weighted by atomic mass is 35.5. The third-order valence-electron chi connectivity index (χ3n) is 10.2. The molecule has 320 valence electrons. The normalized spacial score (nSPS) is 12.9. The molecule has 0 fully saturated rings. The van der Waals surface area contributed by atoms with E-state index >= 15 is 0 Å². The lowest BCUT2D eigenvalue weighted by Gasteiger charge is -2.25. The van der Waals surface area contributed by atoms with Crippen molar-refractivity contribution in [2.75, 3.05) is 41.3 Å². The first-order valence-corrected chi connectivity index (χ1v) is 21.0. The van der Waals surface area contributed by atoms with Crippen molar-refractivity contribution < 1.29 is 24.3 Å². The molecule has 0 saturated heterocycles. The van der Waals surface area contributed by atoms with Crippen molar-refractivity contribution in [2.24, 2.45) is 5.73 Å². The molecule has 0 aliphatic carbocycles. The second kappa shape index (κ2) is 26.7. The van der Waals surface area contributed by atoms with Crippen molar-refractivity contribution in [3.05, 3.63) is 140 Å². The van der Waals surface area contributed by atoms with Gasteiger partial charge in [-0.15, -0.1) is 0 Å². The highest BCUT2D eigenvalue weighted by Crippen LogP contribution is 2.23. The van der Waals surface area contributed by atoms with Crippen LogP contribution in [0.2, 0.25) is 10.0 Å². The summed E-state index contributed by atoms with van der Waals surface area (Å²) in [7, 11) is 8.02. The molecule has 4 rings (SSSR count). The molecule has 0 aromatic heterocycles. The first kappa shape index (κ1) is 50.8. The summed E-state index contributed by atoms with van der Waals surface area (Å²) in [6.45, 7) is 8.81. The molecular weight excluding hydrogens is 783 g/mol. The number of nitrogens with two attached hydrogens (primary N) is 1. The summed E-state index contributed by atoms with van der Waals surface area (Å²) in [5.41, 5.74) is 11.3. The summed E-state index contributed by atoms with van der Waals surface area (Å²) in [6, 6.07) is 31.4. The molecule has 59 heavy (non-hydrogen) atoms. The largest absolute Gasteiger partial charge is 0.481 e. The standard InChI is InChI=1S/C24H31ClN2O2.C14H21ClN2O.C10H12O2/c1-5-23(28)21-12-11-18(15-22(21)25)14-20(27(3)4)16-26-24(29)13-17(2)19-9-7-6-8-10-19;1-4-14(18)12-6-5-10(8-13(12)15)7-11(9-16)17(2)3;1-8(7-10(11)12)9-5-3-2-4-6-9/h6-12,15,17,20H,5,13-14,16H2,1-4H3,(H,26,29);5-6,8,11H,4,7,9,16H2,1-3H3;2-6,8H,7H2,1H3,(H,11,12)/t17-,20+;11-;8-/m101/s1. The van der Waals surface area contributed by atoms with Gasteiger partial charge in [0.15, 0.2) is 11.6 Å². The van der Waals surface area contributed by atoms with Crippen molar-refractivity contribution in [1.29, 1.82) is 0 Å². The molecule has 4 atom stereocenters. The molecule has 11 heteroatoms. The number of carboxylic acids is 1. The van der Waals surface area contributed by atoms with E-state index in [0.717, 1.165) is 29.5 Å². The SMILES string of the molecule is CCC(=O)c1ccc(C[C@@H](CN)N(C)C)cc1Cl.CCC(=O)c1ccc(C[C@@H](CNC(=O)C[C@@H](C)c2ccccc2)N(C)C)cc1Cl.C[C@H](CC(=O)O)c1ccccc1. The van der Waals surface area contributed by atoms with E-state index in [1.807, 2.05) is 128 Å². The van der Waals surface area contributed by atoms with Gasteiger partial charge in [-0.05, 0) is 99.4 Å². The van der Waals surface area contributed by atoms with Crippen molar-refractivity contribution in [3.63, 3.8) is 0 Å². The van der Waals surface area contributed by atoms with Crippen molar-refractivity contribution in [1.82, 2.24) is 15.1 Å². The van der Waals surface area contributed by atoms with Crippen LogP contribution in [0.15, 0.2) is 97.1 Å². The predicted octanol–water partition coefficient (Wildman–Crippen LogP) is 9.34. The van der Waals surface area contributed by atoms with Crippen LogP contribution in [-0.4, -0.2) is 91.7 Å². The zero-order valence-electron chi connectivity index (χ0n) is 36.0. The van der Waals surface area contributed by atoms with E-state index in [1.54, 1.807) is 6.07 Å². The minimum absolute atomic E-state index is 0.0468. The average molecular weight is 848 g/mol. The van der Waals surface area contributed by atoms with E-state index in [2.05, 4.69) is 34.2 Å². The highest BCUT2D eigenvalue weighted by Gasteiger charge is 2.18. The van der Waals surface area contributed by atoms with Crippen LogP contribution in [0.3, 0.4) is 0 Å². The number of nitrogens with zero attached hydrogens (tertiary/aromatic N) is 2. The van der Waals surface area contributed by atoms with Crippen LogP contribution in [0.1, 0.15) is 108 Å². The Bertz CT molecular complexity index is 1910. The maximum absolute atomic E-state index is 12.4. The number of nitrogens with one attached hydrogen (secondary N) is 1. The molecule has 4 aromatic carbocycles. The summed E-state index contributed by atoms with van der Waals surface area (Å²) in [4.78, 5) is 50.5. The topological polar surface area (TPSA) is 133 Å². The lowest BCUT2D eigenvalue weighted by atomic mass is 9.97. The first-order valence-electron chi connectivity index (χ1n) is 20.2. The molecule has 0 radical (unpaired) electrons. The van der Waals surface area contributed by atoms with E-state index in [-0.39, 0.29) is 47.8 Å². The van der Waals surface area contributed by atoms with Gasteiger partial charge in [-0.3, -0.25) is 19.2 Å². The molecule has 0 bridgehead atoms. The number of carbonyl (C=O) groups excluding carboxylic acids is 3. The van der Waals surface area contributed by atoms with Crippen molar-refractivity contribution in [3.8, 4) is 0 Å². The zero-order valence-corrected chi connectivity index (χ0v) is 37.5. The number of hydrogen-bond donors (Lipinski definition) is 3. The van der Waals surface area contributed by atoms with Gasteiger partial charge in [-0.2, -0.15) is 0 Å². The second-order valence-corrected chi connectivity index (χ2v) is 16.1. The maximum atomic E-state index is 12.4. The van der Waals surface area contributed by atoms with Gasteiger partial charge in [0, 0.05) is 55.6 Å². The molecule has 0 spiro atoms. The second-order valence-electron chi connectivity index (χ2n) is 15.3. The van der Waals surface area contributed by atoms with Gasteiger partial charge in [-0.25, -0.2) is 0 Å². The van der Waals surface area contributed by atoms with Gasteiger partial charge < -0.3 is 26.0 Å². The number of benzene rings is 4. The van der Waals surface area contributed by atoms with Gasteiger partial charge >= 0.3 is 5.97 Å². The molecule has 4 aromatic rings. The Morgan fingerprint density at radius 3 is 1.41 bits per heavy atom. The van der Waals surface area contributed by atoms with Gasteiger partial charge in [0.05, 0.1) is 16.5 Å². The summed E-state index contributed by atoms with van der Waals surface area (Å²) in [5.74, 6) is -0.290. The van der Waals surface area contributed by atoms with Crippen molar-refractivity contribution in [2.45, 2.75) is 90.1 Å². The van der Waals surface area contributed by atoms with Gasteiger partial charge in [-0.1, -0.05) is 124 Å². The monoisotopic (exact) mass is 846 g/mol. The molecule has 0 aliphatic heterocycles. The summed E-state index contributed by atoms with van der Waals surface area (Å²) in [6.07, 6.45) is 3.15.